The van der Waals surface area contributed by atoms with E-state index in [1.54, 1.807) is 6.20 Å². The number of aromatic nitrogens is 1. The van der Waals surface area contributed by atoms with Crippen molar-refractivity contribution in [1.29, 1.82) is 5.41 Å². The van der Waals surface area contributed by atoms with E-state index in [1.807, 2.05) is 6.92 Å². The van der Waals surface area contributed by atoms with Gasteiger partial charge in [0.05, 0.1) is 5.02 Å². The molecule has 0 saturated heterocycles. The second kappa shape index (κ2) is 3.92. The lowest BCUT2D eigenvalue weighted by atomic mass is 10.1. The highest BCUT2D eigenvalue weighted by Gasteiger charge is 2.08. The molecule has 4 heteroatoms. The van der Waals surface area contributed by atoms with Gasteiger partial charge in [0, 0.05) is 29.4 Å². The van der Waals surface area contributed by atoms with E-state index in [1.165, 1.54) is 12.4 Å². The number of nitrogens with zero attached hydrogens (tertiary/aromatic N) is 1. The number of hydrogen-bond acceptors (Lipinski definition) is 3. The fourth-order valence-corrected chi connectivity index (χ4v) is 1.37. The summed E-state index contributed by atoms with van der Waals surface area (Å²) in [7, 11) is 0. The van der Waals surface area contributed by atoms with Crippen LogP contribution in [0.25, 0.3) is 0 Å². The molecule has 0 bridgehead atoms. The van der Waals surface area contributed by atoms with E-state index in [0.717, 1.165) is 5.56 Å². The van der Waals surface area contributed by atoms with Crippen molar-refractivity contribution < 1.29 is 0 Å². The number of pyridine rings is 1. The molecule has 2 nitrogen and oxygen atoms in total. The summed E-state index contributed by atoms with van der Waals surface area (Å²) in [6.45, 7) is 1.92. The molecule has 1 rings (SSSR count). The second-order valence-corrected chi connectivity index (χ2v) is 3.63. The average Bonchev–Trinajstić information content (AvgIpc) is 2.03. The van der Waals surface area contributed by atoms with Gasteiger partial charge < -0.3 is 5.41 Å². The van der Waals surface area contributed by atoms with Gasteiger partial charge in [-0.15, -0.1) is 0 Å². The molecule has 0 saturated carbocycles. The molecule has 1 aromatic heterocycles. The molecule has 0 amide bonds. The Morgan fingerprint density at radius 2 is 2.33 bits per heavy atom. The van der Waals surface area contributed by atoms with Crippen LogP contribution < -0.4 is 0 Å². The summed E-state index contributed by atoms with van der Waals surface area (Å²) in [5.41, 5.74) is 1.59. The summed E-state index contributed by atoms with van der Waals surface area (Å²) < 4.78 is 0. The van der Waals surface area contributed by atoms with Gasteiger partial charge in [-0.25, -0.2) is 0 Å². The van der Waals surface area contributed by atoms with Crippen LogP contribution in [-0.4, -0.2) is 11.2 Å². The Kier molecular flexibility index (Phi) is 3.12. The van der Waals surface area contributed by atoms with Gasteiger partial charge in [-0.1, -0.05) is 11.6 Å². The Labute approximate surface area is 81.9 Å². The molecule has 12 heavy (non-hydrogen) atoms. The molecule has 0 radical (unpaired) electrons. The highest BCUT2D eigenvalue weighted by Crippen LogP contribution is 2.25. The molecule has 1 atom stereocenters. The maximum Gasteiger partial charge on any atom is 0.0680 e. The molecule has 0 aliphatic heterocycles. The maximum atomic E-state index is 7.15. The first kappa shape index (κ1) is 9.55. The van der Waals surface area contributed by atoms with Crippen LogP contribution in [0.5, 0.6) is 0 Å². The summed E-state index contributed by atoms with van der Waals surface area (Å²) in [6, 6.07) is 0. The molecule has 0 aromatic carbocycles. The van der Waals surface area contributed by atoms with Gasteiger partial charge in [0.1, 0.15) is 0 Å². The third-order valence-electron chi connectivity index (χ3n) is 1.56. The van der Waals surface area contributed by atoms with Crippen LogP contribution in [0, 0.1) is 5.41 Å². The third-order valence-corrected chi connectivity index (χ3v) is 2.14. The van der Waals surface area contributed by atoms with Gasteiger partial charge >= 0.3 is 0 Å². The van der Waals surface area contributed by atoms with E-state index in [0.29, 0.717) is 10.6 Å². The fraction of sp³-hybridized carbons (Fsp3) is 0.250. The molecular formula is C8H9ClN2S. The standard InChI is InChI=1S/C8H9ClN2S/c1-5(12)7-3-11-4-8(9)6(7)2-10/h2-5,10,12H,1H3. The van der Waals surface area contributed by atoms with Gasteiger partial charge in [0.15, 0.2) is 0 Å². The summed E-state index contributed by atoms with van der Waals surface area (Å²) in [6.07, 6.45) is 4.44. The molecular weight excluding hydrogens is 192 g/mol. The van der Waals surface area contributed by atoms with E-state index in [2.05, 4.69) is 17.6 Å². The third kappa shape index (κ3) is 1.79. The highest BCUT2D eigenvalue weighted by atomic mass is 35.5. The maximum absolute atomic E-state index is 7.15. The molecule has 0 aliphatic rings. The number of rotatable bonds is 2. The van der Waals surface area contributed by atoms with Crippen LogP contribution in [0.4, 0.5) is 0 Å². The Balaban J connectivity index is 3.27. The smallest absolute Gasteiger partial charge is 0.0680 e. The minimum absolute atomic E-state index is 0.0489. The summed E-state index contributed by atoms with van der Waals surface area (Å²) in [5, 5.41) is 7.70. The molecule has 64 valence electrons. The minimum Gasteiger partial charge on any atom is -0.308 e. The topological polar surface area (TPSA) is 36.7 Å². The van der Waals surface area contributed by atoms with E-state index < -0.39 is 0 Å². The van der Waals surface area contributed by atoms with Crippen LogP contribution in [0.3, 0.4) is 0 Å². The van der Waals surface area contributed by atoms with Crippen molar-refractivity contribution in [1.82, 2.24) is 4.98 Å². The largest absolute Gasteiger partial charge is 0.308 e. The number of halogens is 1. The Morgan fingerprint density at radius 1 is 1.67 bits per heavy atom. The zero-order valence-electron chi connectivity index (χ0n) is 6.58. The van der Waals surface area contributed by atoms with Crippen molar-refractivity contribution in [2.45, 2.75) is 12.2 Å². The highest BCUT2D eigenvalue weighted by molar-refractivity contribution is 7.80. The molecule has 0 fully saturated rings. The lowest BCUT2D eigenvalue weighted by Gasteiger charge is -2.08. The Bertz CT molecular complexity index is 299. The van der Waals surface area contributed by atoms with Gasteiger partial charge in [-0.3, -0.25) is 4.98 Å². The van der Waals surface area contributed by atoms with Crippen molar-refractivity contribution in [3.05, 3.63) is 28.5 Å². The second-order valence-electron chi connectivity index (χ2n) is 2.44. The van der Waals surface area contributed by atoms with Crippen LogP contribution in [0.2, 0.25) is 5.02 Å². The summed E-state index contributed by atoms with van der Waals surface area (Å²) >= 11 is 10.1. The first-order valence-corrected chi connectivity index (χ1v) is 4.38. The van der Waals surface area contributed by atoms with E-state index in [4.69, 9.17) is 17.0 Å². The lowest BCUT2D eigenvalue weighted by Crippen LogP contribution is -1.95. The van der Waals surface area contributed by atoms with Crippen molar-refractivity contribution >= 4 is 30.4 Å². The lowest BCUT2D eigenvalue weighted by molar-refractivity contribution is 1.07. The number of hydrogen-bond donors (Lipinski definition) is 2. The zero-order valence-corrected chi connectivity index (χ0v) is 8.23. The van der Waals surface area contributed by atoms with E-state index >= 15 is 0 Å². The molecule has 1 N–H and O–H groups in total. The first-order valence-electron chi connectivity index (χ1n) is 3.48. The van der Waals surface area contributed by atoms with Crippen LogP contribution >= 0.6 is 24.2 Å². The van der Waals surface area contributed by atoms with Crippen molar-refractivity contribution in [2.24, 2.45) is 0 Å². The van der Waals surface area contributed by atoms with Crippen molar-refractivity contribution in [3.8, 4) is 0 Å². The normalized spacial score (nSPS) is 12.6. The van der Waals surface area contributed by atoms with Gasteiger partial charge in [-0.2, -0.15) is 12.6 Å². The summed E-state index contributed by atoms with van der Waals surface area (Å²) in [4.78, 5) is 3.93. The molecule has 0 spiro atoms. The van der Waals surface area contributed by atoms with Crippen molar-refractivity contribution in [2.75, 3.05) is 0 Å². The first-order chi connectivity index (χ1) is 5.66. The average molecular weight is 201 g/mol. The van der Waals surface area contributed by atoms with E-state index in [9.17, 15) is 0 Å². The molecule has 0 aliphatic carbocycles. The quantitative estimate of drug-likeness (QED) is 0.559. The van der Waals surface area contributed by atoms with Gasteiger partial charge in [-0.05, 0) is 12.5 Å². The fourth-order valence-electron chi connectivity index (χ4n) is 0.945. The zero-order chi connectivity index (χ0) is 9.14. The predicted molar refractivity (Wildman–Crippen MR) is 54.5 cm³/mol. The Hall–Kier alpha value is -0.540. The molecule has 1 heterocycles. The molecule has 1 unspecified atom stereocenters. The SMILES string of the molecule is CC(S)c1cncc(Cl)c1C=N. The van der Waals surface area contributed by atoms with Crippen LogP contribution in [-0.2, 0) is 0 Å². The minimum atomic E-state index is 0.0489. The Morgan fingerprint density at radius 3 is 2.75 bits per heavy atom. The van der Waals surface area contributed by atoms with Crippen LogP contribution in [0.1, 0.15) is 23.3 Å². The summed E-state index contributed by atoms with van der Waals surface area (Å²) in [5.74, 6) is 0. The van der Waals surface area contributed by atoms with Gasteiger partial charge in [0.25, 0.3) is 0 Å². The van der Waals surface area contributed by atoms with Crippen molar-refractivity contribution in [3.63, 3.8) is 0 Å². The van der Waals surface area contributed by atoms with Gasteiger partial charge in [0.2, 0.25) is 0 Å². The number of thiol groups is 1. The number of nitrogens with one attached hydrogen (secondary N) is 1. The monoisotopic (exact) mass is 200 g/mol. The van der Waals surface area contributed by atoms with E-state index in [-0.39, 0.29) is 5.25 Å². The predicted octanol–water partition coefficient (Wildman–Crippen LogP) is 2.72. The molecule has 1 aromatic rings. The van der Waals surface area contributed by atoms with Crippen LogP contribution in [0.15, 0.2) is 12.4 Å².